The van der Waals surface area contributed by atoms with Crippen LogP contribution < -0.4 is 10.2 Å². The highest BCUT2D eigenvalue weighted by Gasteiger charge is 2.39. The average Bonchev–Trinajstić information content (AvgIpc) is 3.34. The highest BCUT2D eigenvalue weighted by molar-refractivity contribution is 5.77. The summed E-state index contributed by atoms with van der Waals surface area (Å²) in [5.41, 5.74) is 1.14. The third-order valence-electron chi connectivity index (χ3n) is 7.99. The molecule has 1 unspecified atom stereocenters. The number of halogens is 1. The van der Waals surface area contributed by atoms with Gasteiger partial charge in [0.1, 0.15) is 0 Å². The Morgan fingerprint density at radius 2 is 1.97 bits per heavy atom. The molecule has 2 N–H and O–H groups in total. The van der Waals surface area contributed by atoms with Crippen LogP contribution in [-0.4, -0.2) is 67.4 Å². The first-order valence-corrected chi connectivity index (χ1v) is 13.5. The van der Waals surface area contributed by atoms with Crippen LogP contribution in [0.3, 0.4) is 0 Å². The third-order valence-corrected chi connectivity index (χ3v) is 7.99. The summed E-state index contributed by atoms with van der Waals surface area (Å²) in [6.07, 6.45) is 6.59. The van der Waals surface area contributed by atoms with Gasteiger partial charge in [-0.3, -0.25) is 0 Å². The molecule has 39 heavy (non-hydrogen) atoms. The van der Waals surface area contributed by atoms with Gasteiger partial charge in [-0.15, -0.1) is 0 Å². The highest BCUT2D eigenvalue weighted by Crippen LogP contribution is 2.35. The lowest BCUT2D eigenvalue weighted by Crippen LogP contribution is -2.59. The molecule has 1 saturated carbocycles. The molecule has 1 amide bonds. The second kappa shape index (κ2) is 10.7. The van der Waals surface area contributed by atoms with E-state index in [0.29, 0.717) is 36.8 Å². The molecule has 1 aliphatic heterocycles. The summed E-state index contributed by atoms with van der Waals surface area (Å²) in [4.78, 5) is 24.6. The van der Waals surface area contributed by atoms with Crippen molar-refractivity contribution in [2.24, 2.45) is 11.3 Å². The van der Waals surface area contributed by atoms with Gasteiger partial charge >= 0.3 is 6.09 Å². The van der Waals surface area contributed by atoms with Crippen molar-refractivity contribution in [2.45, 2.75) is 65.0 Å². The lowest BCUT2D eigenvalue weighted by Gasteiger charge is -2.46. The summed E-state index contributed by atoms with van der Waals surface area (Å²) >= 11 is 0. The van der Waals surface area contributed by atoms with Crippen LogP contribution >= 0.6 is 0 Å². The van der Waals surface area contributed by atoms with Gasteiger partial charge in [0.15, 0.2) is 17.5 Å². The maximum absolute atomic E-state index is 16.2. The van der Waals surface area contributed by atoms with Crippen molar-refractivity contribution >= 4 is 23.2 Å². The number of nitrogens with zero attached hydrogens (tertiary/aromatic N) is 7. The van der Waals surface area contributed by atoms with Crippen molar-refractivity contribution in [1.29, 1.82) is 5.26 Å². The lowest BCUT2D eigenvalue weighted by atomic mass is 9.84. The Morgan fingerprint density at radius 1 is 1.21 bits per heavy atom. The number of anilines is 2. The molecule has 1 saturated heterocycles. The quantitative estimate of drug-likeness (QED) is 0.467. The van der Waals surface area contributed by atoms with Gasteiger partial charge in [-0.2, -0.15) is 14.8 Å². The molecule has 0 radical (unpaired) electrons. The number of piperazine rings is 1. The second-order valence-corrected chi connectivity index (χ2v) is 11.7. The zero-order valence-electron chi connectivity index (χ0n) is 22.6. The second-order valence-electron chi connectivity index (χ2n) is 11.7. The molecule has 0 bridgehead atoms. The molecule has 3 aromatic rings. The summed E-state index contributed by atoms with van der Waals surface area (Å²) in [6.45, 7) is 6.86. The SMILES string of the molecule is CC(C)(C)C1CN(c2nc(-c3cnn4ccccc34)nc(N[C@H]3CC[C@H](CC#N)CC3)c2F)CCN1C(=O)O. The van der Waals surface area contributed by atoms with Crippen LogP contribution in [-0.2, 0) is 0 Å². The van der Waals surface area contributed by atoms with E-state index >= 15 is 4.39 Å². The van der Waals surface area contributed by atoms with Gasteiger partial charge in [-0.05, 0) is 49.1 Å². The molecule has 2 fully saturated rings. The molecule has 4 heterocycles. The summed E-state index contributed by atoms with van der Waals surface area (Å²) in [6, 6.07) is 7.66. The van der Waals surface area contributed by atoms with Crippen molar-refractivity contribution < 1.29 is 14.3 Å². The topological polar surface area (TPSA) is 123 Å². The molecular formula is C28H35FN8O2. The van der Waals surface area contributed by atoms with E-state index < -0.39 is 11.9 Å². The van der Waals surface area contributed by atoms with Crippen LogP contribution in [0, 0.1) is 28.5 Å². The summed E-state index contributed by atoms with van der Waals surface area (Å²) < 4.78 is 17.9. The van der Waals surface area contributed by atoms with Crippen LogP contribution in [0.2, 0.25) is 0 Å². The number of pyridine rings is 1. The van der Waals surface area contributed by atoms with Crippen LogP contribution in [0.15, 0.2) is 30.6 Å². The number of hydrogen-bond acceptors (Lipinski definition) is 7. The number of hydrogen-bond donors (Lipinski definition) is 2. The van der Waals surface area contributed by atoms with Crippen molar-refractivity contribution in [2.75, 3.05) is 29.9 Å². The Bertz CT molecular complexity index is 1390. The molecule has 0 spiro atoms. The fourth-order valence-corrected chi connectivity index (χ4v) is 5.75. The Balaban J connectivity index is 1.52. The molecule has 10 nitrogen and oxygen atoms in total. The molecule has 1 aliphatic carbocycles. The largest absolute Gasteiger partial charge is 0.465 e. The smallest absolute Gasteiger partial charge is 0.407 e. The zero-order chi connectivity index (χ0) is 27.7. The molecule has 11 heteroatoms. The molecule has 3 aromatic heterocycles. The van der Waals surface area contributed by atoms with Gasteiger partial charge in [-0.1, -0.05) is 26.8 Å². The summed E-state index contributed by atoms with van der Waals surface area (Å²) in [7, 11) is 0. The van der Waals surface area contributed by atoms with E-state index in [4.69, 9.17) is 10.2 Å². The number of nitrogens with one attached hydrogen (secondary N) is 1. The van der Waals surface area contributed by atoms with Gasteiger partial charge in [0.05, 0.1) is 29.4 Å². The fraction of sp³-hybridized carbons (Fsp3) is 0.536. The Hall–Kier alpha value is -3.94. The Labute approximate surface area is 227 Å². The van der Waals surface area contributed by atoms with Crippen LogP contribution in [0.25, 0.3) is 16.9 Å². The minimum Gasteiger partial charge on any atom is -0.465 e. The van der Waals surface area contributed by atoms with Gasteiger partial charge in [-0.25, -0.2) is 19.3 Å². The number of rotatable bonds is 5. The average molecular weight is 535 g/mol. The first-order chi connectivity index (χ1) is 18.7. The predicted molar refractivity (Wildman–Crippen MR) is 146 cm³/mol. The highest BCUT2D eigenvalue weighted by atomic mass is 19.1. The van der Waals surface area contributed by atoms with Crippen LogP contribution in [0.1, 0.15) is 52.9 Å². The fourth-order valence-electron chi connectivity index (χ4n) is 5.75. The van der Waals surface area contributed by atoms with E-state index in [9.17, 15) is 9.90 Å². The molecular weight excluding hydrogens is 499 g/mol. The number of amides is 1. The maximum atomic E-state index is 16.2. The monoisotopic (exact) mass is 534 g/mol. The minimum absolute atomic E-state index is 0.0418. The van der Waals surface area contributed by atoms with E-state index in [-0.39, 0.29) is 35.7 Å². The Morgan fingerprint density at radius 3 is 2.67 bits per heavy atom. The predicted octanol–water partition coefficient (Wildman–Crippen LogP) is 5.03. The third kappa shape index (κ3) is 5.46. The maximum Gasteiger partial charge on any atom is 0.407 e. The number of carboxylic acid groups (broad SMARTS) is 1. The standard InChI is InChI=1S/C28H35FN8O2/c1-28(2,3)22-17-35(14-15-36(22)27(38)39)26-23(29)25(32-19-9-7-18(8-10-19)11-12-30)33-24(34-26)20-16-31-37-13-5-4-6-21(20)37/h4-6,13,16,18-19,22H,7-11,14-15,17H2,1-3H3,(H,38,39)(H,32,33,34)/t18-,19-,22?. The van der Waals surface area contributed by atoms with Gasteiger partial charge < -0.3 is 20.2 Å². The summed E-state index contributed by atoms with van der Waals surface area (Å²) in [5.74, 6) is 0.511. The Kier molecular flexibility index (Phi) is 7.30. The van der Waals surface area contributed by atoms with Crippen molar-refractivity contribution in [3.63, 3.8) is 0 Å². The number of carbonyl (C=O) groups is 1. The molecule has 1 atom stereocenters. The van der Waals surface area contributed by atoms with Gasteiger partial charge in [0.2, 0.25) is 5.82 Å². The zero-order valence-corrected chi connectivity index (χ0v) is 22.6. The summed E-state index contributed by atoms with van der Waals surface area (Å²) in [5, 5.41) is 26.6. The van der Waals surface area contributed by atoms with E-state index in [0.717, 1.165) is 31.2 Å². The lowest BCUT2D eigenvalue weighted by molar-refractivity contribution is 0.0745. The van der Waals surface area contributed by atoms with E-state index in [1.165, 1.54) is 4.90 Å². The first-order valence-electron chi connectivity index (χ1n) is 13.5. The van der Waals surface area contributed by atoms with E-state index in [1.54, 1.807) is 10.7 Å². The molecule has 2 aliphatic rings. The number of aromatic nitrogens is 4. The van der Waals surface area contributed by atoms with Gasteiger partial charge in [0, 0.05) is 38.3 Å². The van der Waals surface area contributed by atoms with Crippen LogP contribution in [0.5, 0.6) is 0 Å². The van der Waals surface area contributed by atoms with Crippen molar-refractivity contribution in [3.05, 3.63) is 36.4 Å². The van der Waals surface area contributed by atoms with Crippen molar-refractivity contribution in [1.82, 2.24) is 24.5 Å². The van der Waals surface area contributed by atoms with Crippen LogP contribution in [0.4, 0.5) is 20.8 Å². The number of fused-ring (bicyclic) bond motifs is 1. The van der Waals surface area contributed by atoms with Gasteiger partial charge in [0.25, 0.3) is 0 Å². The van der Waals surface area contributed by atoms with E-state index in [1.807, 2.05) is 50.1 Å². The van der Waals surface area contributed by atoms with E-state index in [2.05, 4.69) is 21.5 Å². The first kappa shape index (κ1) is 26.7. The molecule has 5 rings (SSSR count). The minimum atomic E-state index is -0.973. The molecule has 0 aromatic carbocycles. The molecule has 206 valence electrons. The van der Waals surface area contributed by atoms with Crippen molar-refractivity contribution in [3.8, 4) is 17.5 Å². The number of nitriles is 1. The normalized spacial score (nSPS) is 22.1.